The topological polar surface area (TPSA) is 29.5 Å². The van der Waals surface area contributed by atoms with Crippen molar-refractivity contribution in [3.63, 3.8) is 0 Å². The summed E-state index contributed by atoms with van der Waals surface area (Å²) in [4.78, 5) is 0. The molecule has 36 heavy (non-hydrogen) atoms. The molecular weight excluding hydrogens is 456 g/mol. The number of aliphatic hydroxyl groups is 1. The van der Waals surface area contributed by atoms with Gasteiger partial charge in [0.2, 0.25) is 0 Å². The summed E-state index contributed by atoms with van der Waals surface area (Å²) in [5, 5.41) is 14.7. The van der Waals surface area contributed by atoms with Crippen LogP contribution in [0.4, 0.5) is 0 Å². The Bertz CT molecular complexity index is 1120. The van der Waals surface area contributed by atoms with Gasteiger partial charge in [-0.05, 0) is 52.1 Å². The molecule has 0 amide bonds. The third-order valence-corrected chi connectivity index (χ3v) is 14.6. The Labute approximate surface area is 219 Å². The van der Waals surface area contributed by atoms with Gasteiger partial charge >= 0.3 is 0 Å². The average Bonchev–Trinajstić information content (AvgIpc) is 3.12. The van der Waals surface area contributed by atoms with Gasteiger partial charge in [0.25, 0.3) is 8.32 Å². The summed E-state index contributed by atoms with van der Waals surface area (Å²) in [6, 6.07) is 21.5. The van der Waals surface area contributed by atoms with Crippen LogP contribution in [0.15, 0.2) is 96.6 Å². The molecule has 1 N–H and O–H groups in total. The van der Waals surface area contributed by atoms with Crippen LogP contribution in [0.2, 0.25) is 5.04 Å². The Morgan fingerprint density at radius 3 is 1.97 bits per heavy atom. The molecule has 0 radical (unpaired) electrons. The molecule has 2 aromatic rings. The van der Waals surface area contributed by atoms with E-state index < -0.39 is 13.9 Å². The third-order valence-electron chi connectivity index (χ3n) is 9.63. The fraction of sp³-hybridized carbons (Fsp3) is 0.455. The highest BCUT2D eigenvalue weighted by Gasteiger charge is 2.68. The smallest absolute Gasteiger partial charge is 0.261 e. The van der Waals surface area contributed by atoms with Crippen molar-refractivity contribution in [2.24, 2.45) is 16.7 Å². The number of allylic oxidation sites excluding steroid dienone is 2. The van der Waals surface area contributed by atoms with Crippen molar-refractivity contribution in [3.05, 3.63) is 96.6 Å². The fourth-order valence-corrected chi connectivity index (χ4v) is 11.7. The molecule has 1 fully saturated rings. The lowest BCUT2D eigenvalue weighted by molar-refractivity contribution is -0.0276. The standard InChI is InChI=1S/C33H44O2Si/c1-9-16-26-23-32(8)31(6,7)29(26)24-33(32,34)25(2)21-22-35-36(30(3,4)5,27-17-12-10-13-18-27)28-19-14-11-15-20-28/h9-15,17-21,23,29,34H,1,16,22,24H2,2-8H3/b25-21+/t29-,32+,33-/m1/s1. The van der Waals surface area contributed by atoms with E-state index in [9.17, 15) is 5.11 Å². The SMILES string of the molecule is C=CCC1=C[C@@]2(C)C(C)(C)[C@@H]1C[C@@]2(O)/C(C)=C/CO[Si](c1ccccc1)(c1ccccc1)C(C)(C)C. The van der Waals surface area contributed by atoms with Crippen molar-refractivity contribution >= 4 is 18.7 Å². The Morgan fingerprint density at radius 2 is 1.56 bits per heavy atom. The number of hydrogen-bond acceptors (Lipinski definition) is 2. The van der Waals surface area contributed by atoms with E-state index in [0.717, 1.165) is 18.4 Å². The first-order valence-corrected chi connectivity index (χ1v) is 15.2. The number of rotatable bonds is 8. The molecule has 2 bridgehead atoms. The second-order valence-corrected chi connectivity index (χ2v) is 16.9. The van der Waals surface area contributed by atoms with Gasteiger partial charge in [0.05, 0.1) is 12.2 Å². The van der Waals surface area contributed by atoms with Crippen LogP contribution < -0.4 is 10.4 Å². The van der Waals surface area contributed by atoms with Gasteiger partial charge in [0, 0.05) is 5.41 Å². The van der Waals surface area contributed by atoms with Crippen LogP contribution in [0.25, 0.3) is 0 Å². The quantitative estimate of drug-likeness (QED) is 0.319. The first-order valence-electron chi connectivity index (χ1n) is 13.3. The van der Waals surface area contributed by atoms with Crippen molar-refractivity contribution in [1.29, 1.82) is 0 Å². The highest BCUT2D eigenvalue weighted by molar-refractivity contribution is 6.99. The first kappa shape index (κ1) is 26.8. The van der Waals surface area contributed by atoms with E-state index in [0.29, 0.717) is 12.5 Å². The zero-order chi connectivity index (χ0) is 26.4. The van der Waals surface area contributed by atoms with Crippen molar-refractivity contribution in [1.82, 2.24) is 0 Å². The van der Waals surface area contributed by atoms with Gasteiger partial charge < -0.3 is 9.53 Å². The Kier molecular flexibility index (Phi) is 6.92. The van der Waals surface area contributed by atoms with Gasteiger partial charge in [-0.15, -0.1) is 6.58 Å². The summed E-state index contributed by atoms with van der Waals surface area (Å²) in [5.74, 6) is 0.367. The molecule has 1 saturated carbocycles. The summed E-state index contributed by atoms with van der Waals surface area (Å²) in [7, 11) is -2.61. The van der Waals surface area contributed by atoms with Crippen LogP contribution in [0.5, 0.6) is 0 Å². The zero-order valence-electron chi connectivity index (χ0n) is 23.3. The monoisotopic (exact) mass is 500 g/mol. The molecule has 2 aromatic carbocycles. The highest BCUT2D eigenvalue weighted by atomic mass is 28.4. The largest absolute Gasteiger partial charge is 0.404 e. The van der Waals surface area contributed by atoms with Gasteiger partial charge in [0.15, 0.2) is 0 Å². The van der Waals surface area contributed by atoms with Gasteiger partial charge in [-0.3, -0.25) is 0 Å². The maximum Gasteiger partial charge on any atom is 0.261 e. The summed E-state index contributed by atoms with van der Waals surface area (Å²) >= 11 is 0. The lowest BCUT2D eigenvalue weighted by Crippen LogP contribution is -2.66. The van der Waals surface area contributed by atoms with Crippen molar-refractivity contribution in [2.75, 3.05) is 6.61 Å². The van der Waals surface area contributed by atoms with Crippen LogP contribution in [-0.2, 0) is 4.43 Å². The molecule has 4 rings (SSSR count). The van der Waals surface area contributed by atoms with E-state index >= 15 is 0 Å². The minimum Gasteiger partial charge on any atom is -0.404 e. The van der Waals surface area contributed by atoms with Gasteiger partial charge in [0.1, 0.15) is 0 Å². The zero-order valence-corrected chi connectivity index (χ0v) is 24.3. The lowest BCUT2D eigenvalue weighted by atomic mass is 9.63. The summed E-state index contributed by atoms with van der Waals surface area (Å²) in [5.41, 5.74) is 1.25. The molecule has 192 valence electrons. The van der Waals surface area contributed by atoms with E-state index in [-0.39, 0.29) is 15.9 Å². The Morgan fingerprint density at radius 1 is 1.03 bits per heavy atom. The average molecular weight is 501 g/mol. The van der Waals surface area contributed by atoms with E-state index in [1.807, 2.05) is 6.08 Å². The van der Waals surface area contributed by atoms with Crippen molar-refractivity contribution in [3.8, 4) is 0 Å². The van der Waals surface area contributed by atoms with E-state index in [1.165, 1.54) is 15.9 Å². The molecule has 0 spiro atoms. The van der Waals surface area contributed by atoms with E-state index in [1.54, 1.807) is 0 Å². The van der Waals surface area contributed by atoms with Gasteiger partial charge in [-0.2, -0.15) is 0 Å². The third kappa shape index (κ3) is 3.82. The minimum absolute atomic E-state index is 0.00591. The van der Waals surface area contributed by atoms with Crippen LogP contribution in [0.1, 0.15) is 61.3 Å². The second kappa shape index (κ2) is 9.27. The van der Waals surface area contributed by atoms with Crippen molar-refractivity contribution < 1.29 is 9.53 Å². The molecule has 3 atom stereocenters. The van der Waals surface area contributed by atoms with Crippen LogP contribution in [-0.4, -0.2) is 25.6 Å². The van der Waals surface area contributed by atoms with E-state index in [4.69, 9.17) is 4.43 Å². The van der Waals surface area contributed by atoms with E-state index in [2.05, 4.69) is 128 Å². The summed E-state index contributed by atoms with van der Waals surface area (Å²) in [6.07, 6.45) is 8.16. The molecule has 2 aliphatic carbocycles. The molecule has 0 aromatic heterocycles. The van der Waals surface area contributed by atoms with Crippen molar-refractivity contribution in [2.45, 2.75) is 71.9 Å². The molecule has 0 heterocycles. The number of fused-ring (bicyclic) bond motifs is 2. The summed E-state index contributed by atoms with van der Waals surface area (Å²) in [6.45, 7) is 20.3. The fourth-order valence-electron chi connectivity index (χ4n) is 7.19. The van der Waals surface area contributed by atoms with Crippen LogP contribution in [0, 0.1) is 16.7 Å². The van der Waals surface area contributed by atoms with Gasteiger partial charge in [-0.1, -0.05) is 126 Å². The molecule has 3 heteroatoms. The Hall–Kier alpha value is -2.20. The highest BCUT2D eigenvalue weighted by Crippen LogP contribution is 2.70. The second-order valence-electron chi connectivity index (χ2n) is 12.6. The summed E-state index contributed by atoms with van der Waals surface area (Å²) < 4.78 is 7.09. The first-order chi connectivity index (χ1) is 16.8. The maximum absolute atomic E-state index is 12.2. The normalized spacial score (nSPS) is 27.7. The van der Waals surface area contributed by atoms with Gasteiger partial charge in [-0.25, -0.2) is 0 Å². The maximum atomic E-state index is 12.2. The predicted molar refractivity (Wildman–Crippen MR) is 155 cm³/mol. The molecular formula is C33H44O2Si. The number of benzene rings is 2. The molecule has 0 unspecified atom stereocenters. The number of hydrogen-bond donors (Lipinski definition) is 1. The molecule has 0 saturated heterocycles. The predicted octanol–water partition coefficient (Wildman–Crippen LogP) is 6.81. The van der Waals surface area contributed by atoms with Crippen LogP contribution in [0.3, 0.4) is 0 Å². The molecule has 0 aliphatic heterocycles. The lowest BCUT2D eigenvalue weighted by Gasteiger charge is -2.45. The van der Waals surface area contributed by atoms with Crippen LogP contribution >= 0.6 is 0 Å². The minimum atomic E-state index is -2.61. The Balaban J connectivity index is 1.70. The molecule has 2 aliphatic rings. The molecule has 2 nitrogen and oxygen atoms in total.